The molecule has 1 aromatic carbocycles. The van der Waals surface area contributed by atoms with Crippen LogP contribution in [0.25, 0.3) is 28.2 Å². The van der Waals surface area contributed by atoms with E-state index in [1.165, 1.54) is 11.1 Å². The van der Waals surface area contributed by atoms with Gasteiger partial charge in [-0.1, -0.05) is 0 Å². The number of halogens is 2. The van der Waals surface area contributed by atoms with Crippen molar-refractivity contribution in [1.29, 1.82) is 0 Å². The quantitative estimate of drug-likeness (QED) is 0.306. The molecule has 1 amide bonds. The Morgan fingerprint density at radius 3 is 2.50 bits per heavy atom. The van der Waals surface area contributed by atoms with Gasteiger partial charge in [0.25, 0.3) is 11.8 Å². The van der Waals surface area contributed by atoms with Crippen LogP contribution in [0.1, 0.15) is 46.4 Å². The highest BCUT2D eigenvalue weighted by atomic mass is 19.3. The smallest absolute Gasteiger partial charge is 0.255 e. The number of hydrogen-bond donors (Lipinski definition) is 1. The third kappa shape index (κ3) is 5.93. The summed E-state index contributed by atoms with van der Waals surface area (Å²) in [5, 5.41) is 1.04. The molecular formula is C31H31F2N5O2. The van der Waals surface area contributed by atoms with Gasteiger partial charge in [0.2, 0.25) is 0 Å². The van der Waals surface area contributed by atoms with Crippen LogP contribution >= 0.6 is 0 Å². The summed E-state index contributed by atoms with van der Waals surface area (Å²) in [6.45, 7) is 2.12. The minimum absolute atomic E-state index is 0.0246. The fraction of sp³-hybridized carbons (Fsp3) is 0.290. The van der Waals surface area contributed by atoms with Crippen LogP contribution in [0, 0.1) is 6.92 Å². The van der Waals surface area contributed by atoms with Crippen LogP contribution in [-0.4, -0.2) is 50.1 Å². The average molecular weight is 544 g/mol. The van der Waals surface area contributed by atoms with E-state index in [0.29, 0.717) is 24.2 Å². The second kappa shape index (κ2) is 11.0. The largest absolute Gasteiger partial charge is 0.384 e. The second-order valence-electron chi connectivity index (χ2n) is 10.3. The lowest BCUT2D eigenvalue weighted by atomic mass is 10.0. The molecule has 0 spiro atoms. The number of piperidine rings is 1. The summed E-state index contributed by atoms with van der Waals surface area (Å²) in [5.74, 6) is -2.51. The Hall–Kier alpha value is -4.40. The molecule has 9 heteroatoms. The van der Waals surface area contributed by atoms with Crippen molar-refractivity contribution in [3.8, 4) is 11.3 Å². The first-order chi connectivity index (χ1) is 19.1. The van der Waals surface area contributed by atoms with Gasteiger partial charge < -0.3 is 15.2 Å². The summed E-state index contributed by atoms with van der Waals surface area (Å²) >= 11 is 0. The lowest BCUT2D eigenvalue weighted by Crippen LogP contribution is -2.42. The minimum atomic E-state index is -2.70. The number of allylic oxidation sites excluding steroid dienone is 1. The number of nitrogens with two attached hydrogens (primary N) is 1. The Labute approximate surface area is 231 Å². The number of benzene rings is 1. The Kier molecular flexibility index (Phi) is 7.47. The normalized spacial score (nSPS) is 15.2. The number of ketones is 1. The molecule has 40 heavy (non-hydrogen) atoms. The Morgan fingerprint density at radius 2 is 1.82 bits per heavy atom. The van der Waals surface area contributed by atoms with Crippen molar-refractivity contribution in [2.75, 3.05) is 18.8 Å². The molecule has 0 aliphatic carbocycles. The number of anilines is 1. The summed E-state index contributed by atoms with van der Waals surface area (Å²) in [6, 6.07) is 13.2. The van der Waals surface area contributed by atoms with Crippen LogP contribution < -0.4 is 5.73 Å². The van der Waals surface area contributed by atoms with Crippen LogP contribution in [0.2, 0.25) is 0 Å². The second-order valence-corrected chi connectivity index (χ2v) is 10.3. The van der Waals surface area contributed by atoms with Crippen molar-refractivity contribution in [2.45, 2.75) is 38.5 Å². The van der Waals surface area contributed by atoms with Gasteiger partial charge in [-0.25, -0.2) is 13.8 Å². The van der Waals surface area contributed by atoms with Crippen molar-refractivity contribution >= 4 is 34.5 Å². The lowest BCUT2D eigenvalue weighted by molar-refractivity contribution is -0.114. The van der Waals surface area contributed by atoms with Gasteiger partial charge in [0.1, 0.15) is 5.82 Å². The first-order valence-corrected chi connectivity index (χ1v) is 13.2. The Morgan fingerprint density at radius 1 is 1.05 bits per heavy atom. The number of pyridine rings is 2. The number of carbonyl (C=O) groups is 2. The zero-order chi connectivity index (χ0) is 28.4. The molecule has 0 radical (unpaired) electrons. The summed E-state index contributed by atoms with van der Waals surface area (Å²) in [4.78, 5) is 35.3. The molecule has 1 aliphatic heterocycles. The molecule has 1 saturated heterocycles. The fourth-order valence-electron chi connectivity index (χ4n) is 5.13. The highest BCUT2D eigenvalue weighted by Gasteiger charge is 2.35. The van der Waals surface area contributed by atoms with E-state index in [4.69, 9.17) is 5.73 Å². The third-order valence-corrected chi connectivity index (χ3v) is 7.41. The average Bonchev–Trinajstić information content (AvgIpc) is 3.26. The number of hydrogen-bond acceptors (Lipinski definition) is 5. The third-order valence-electron chi connectivity index (χ3n) is 7.41. The first kappa shape index (κ1) is 27.2. The van der Waals surface area contributed by atoms with E-state index in [1.54, 1.807) is 36.5 Å². The first-order valence-electron chi connectivity index (χ1n) is 13.2. The van der Waals surface area contributed by atoms with Crippen LogP contribution in [-0.2, 0) is 18.3 Å². The van der Waals surface area contributed by atoms with E-state index in [2.05, 4.69) is 32.7 Å². The number of aromatic nitrogens is 3. The van der Waals surface area contributed by atoms with Crippen molar-refractivity contribution in [3.05, 3.63) is 83.3 Å². The molecule has 0 bridgehead atoms. The van der Waals surface area contributed by atoms with E-state index in [-0.39, 0.29) is 37.6 Å². The van der Waals surface area contributed by atoms with Crippen molar-refractivity contribution in [1.82, 2.24) is 19.4 Å². The summed E-state index contributed by atoms with van der Waals surface area (Å²) < 4.78 is 29.0. The number of nitrogen functional groups attached to an aromatic ring is 1. The fourth-order valence-corrected chi connectivity index (χ4v) is 5.13. The molecule has 0 unspecified atom stereocenters. The Balaban J connectivity index is 1.28. The van der Waals surface area contributed by atoms with E-state index in [1.807, 2.05) is 20.0 Å². The highest BCUT2D eigenvalue weighted by molar-refractivity contribution is 5.95. The topological polar surface area (TPSA) is 94.1 Å². The van der Waals surface area contributed by atoms with Crippen molar-refractivity contribution < 1.29 is 18.4 Å². The van der Waals surface area contributed by atoms with E-state index in [0.717, 1.165) is 39.0 Å². The number of alkyl halides is 2. The van der Waals surface area contributed by atoms with Crippen LogP contribution in [0.5, 0.6) is 0 Å². The van der Waals surface area contributed by atoms with Gasteiger partial charge in [-0.05, 0) is 79.1 Å². The molecule has 4 heterocycles. The number of amides is 1. The van der Waals surface area contributed by atoms with Gasteiger partial charge in [0, 0.05) is 68.4 Å². The summed E-state index contributed by atoms with van der Waals surface area (Å²) in [5.41, 5.74) is 11.6. The molecule has 0 atom stereocenters. The molecular weight excluding hydrogens is 512 g/mol. The molecule has 5 rings (SSSR count). The lowest BCUT2D eigenvalue weighted by Gasteiger charge is -2.31. The van der Waals surface area contributed by atoms with Gasteiger partial charge in [0.05, 0.1) is 16.8 Å². The minimum Gasteiger partial charge on any atom is -0.384 e. The molecule has 7 nitrogen and oxygen atoms in total. The van der Waals surface area contributed by atoms with Crippen molar-refractivity contribution in [3.63, 3.8) is 0 Å². The van der Waals surface area contributed by atoms with E-state index < -0.39 is 5.92 Å². The van der Waals surface area contributed by atoms with Crippen LogP contribution in [0.3, 0.4) is 0 Å². The molecule has 2 N–H and O–H groups in total. The van der Waals surface area contributed by atoms with Gasteiger partial charge in [0.15, 0.2) is 5.78 Å². The number of aryl methyl sites for hydroxylation is 3. The number of fused-ring (bicyclic) bond motifs is 1. The monoisotopic (exact) mass is 543 g/mol. The maximum Gasteiger partial charge on any atom is 0.255 e. The van der Waals surface area contributed by atoms with Gasteiger partial charge in [-0.3, -0.25) is 14.6 Å². The maximum absolute atomic E-state index is 13.5. The zero-order valence-corrected chi connectivity index (χ0v) is 22.5. The van der Waals surface area contributed by atoms with Gasteiger partial charge in [-0.15, -0.1) is 0 Å². The molecule has 0 saturated carbocycles. The summed E-state index contributed by atoms with van der Waals surface area (Å²) in [6.07, 6.45) is 6.80. The number of carbonyl (C=O) groups excluding carboxylic acids is 2. The van der Waals surface area contributed by atoms with Crippen LogP contribution in [0.15, 0.2) is 60.9 Å². The standard InChI is InChI=1S/C31H31F2N5O2/c1-20-15-23(27-9-5-22(19-35-27)30(40)38-13-11-31(32,33)12-14-38)16-24-17-25(37(2)29(20)24)6-8-26(39)7-3-21-4-10-28(34)36-18-21/h3-5,7,9-10,15-19H,6,8,11-14H2,1-2H3,(H2,34,36)/b7-3+. The highest BCUT2D eigenvalue weighted by Crippen LogP contribution is 2.30. The molecule has 206 valence electrons. The molecule has 4 aromatic rings. The van der Waals surface area contributed by atoms with E-state index >= 15 is 0 Å². The number of likely N-dealkylation sites (tertiary alicyclic amines) is 1. The molecule has 1 fully saturated rings. The zero-order valence-electron chi connectivity index (χ0n) is 22.5. The number of rotatable bonds is 7. The van der Waals surface area contributed by atoms with Crippen molar-refractivity contribution in [2.24, 2.45) is 7.05 Å². The predicted molar refractivity (Wildman–Crippen MR) is 152 cm³/mol. The predicted octanol–water partition coefficient (Wildman–Crippen LogP) is 5.61. The molecule has 1 aliphatic rings. The molecule has 3 aromatic heterocycles. The van der Waals surface area contributed by atoms with Gasteiger partial charge in [-0.2, -0.15) is 0 Å². The van der Waals surface area contributed by atoms with E-state index in [9.17, 15) is 18.4 Å². The summed E-state index contributed by atoms with van der Waals surface area (Å²) in [7, 11) is 2.00. The maximum atomic E-state index is 13.5. The SMILES string of the molecule is Cc1cc(-c2ccc(C(=O)N3CCC(F)(F)CC3)cn2)cc2cc(CCC(=O)/C=C/c3ccc(N)nc3)n(C)c12. The van der Waals surface area contributed by atoms with Gasteiger partial charge >= 0.3 is 0 Å². The number of nitrogens with zero attached hydrogens (tertiary/aromatic N) is 4. The Bertz CT molecular complexity index is 1580. The van der Waals surface area contributed by atoms with Crippen LogP contribution in [0.4, 0.5) is 14.6 Å².